The van der Waals surface area contributed by atoms with E-state index in [-0.39, 0.29) is 5.97 Å². The molecule has 0 saturated heterocycles. The summed E-state index contributed by atoms with van der Waals surface area (Å²) in [5.41, 5.74) is 5.28. The molecule has 5 nitrogen and oxygen atoms in total. The van der Waals surface area contributed by atoms with Crippen LogP contribution >= 0.6 is 0 Å². The Morgan fingerprint density at radius 2 is 0.878 bits per heavy atom. The van der Waals surface area contributed by atoms with Gasteiger partial charge in [0.1, 0.15) is 5.75 Å². The van der Waals surface area contributed by atoms with Crippen molar-refractivity contribution >= 4 is 5.97 Å². The maximum absolute atomic E-state index is 12.7. The van der Waals surface area contributed by atoms with Gasteiger partial charge in [-0.05, 0) is 60.4 Å². The minimum Gasteiger partial charge on any atom is -0.494 e. The standard InChI is InChI=1S/C44H60N2O3/c1-3-5-7-9-11-12-13-14-15-16-17-19-21-35-49-44(47)39-28-32-41-42(33-29-39)46-43(45-41)38-24-22-36(23-25-38)37-26-30-40(31-27-37)48-34-20-18-10-8-6-4-2/h22-33H,3-21,34-35H2,1-2H3. The summed E-state index contributed by atoms with van der Waals surface area (Å²) in [4.78, 5) is 22.2. The third kappa shape index (κ3) is 14.0. The fourth-order valence-corrected chi connectivity index (χ4v) is 6.27. The van der Waals surface area contributed by atoms with Crippen molar-refractivity contribution in [2.45, 2.75) is 136 Å². The number of carbonyl (C=O) groups excluding carboxylic acids is 1. The van der Waals surface area contributed by atoms with Crippen LogP contribution in [-0.2, 0) is 4.74 Å². The molecule has 0 atom stereocenters. The number of fused-ring (bicyclic) bond motifs is 1. The third-order valence-electron chi connectivity index (χ3n) is 9.37. The van der Waals surface area contributed by atoms with E-state index in [0.717, 1.165) is 59.7 Å². The molecule has 0 saturated carbocycles. The summed E-state index contributed by atoms with van der Waals surface area (Å²) in [5.74, 6) is 1.31. The van der Waals surface area contributed by atoms with Crippen molar-refractivity contribution in [2.75, 3.05) is 13.2 Å². The Morgan fingerprint density at radius 1 is 0.469 bits per heavy atom. The van der Waals surface area contributed by atoms with Gasteiger partial charge in [0, 0.05) is 5.56 Å². The summed E-state index contributed by atoms with van der Waals surface area (Å²) in [6.45, 7) is 5.76. The van der Waals surface area contributed by atoms with E-state index in [0.29, 0.717) is 18.0 Å². The molecule has 5 heteroatoms. The van der Waals surface area contributed by atoms with Gasteiger partial charge in [0.15, 0.2) is 5.82 Å². The first-order valence-electron chi connectivity index (χ1n) is 19.5. The highest BCUT2D eigenvalue weighted by atomic mass is 16.5. The third-order valence-corrected chi connectivity index (χ3v) is 9.37. The van der Waals surface area contributed by atoms with Crippen LogP contribution < -0.4 is 4.74 Å². The van der Waals surface area contributed by atoms with Crippen LogP contribution in [0, 0.1) is 0 Å². The van der Waals surface area contributed by atoms with Gasteiger partial charge in [-0.15, -0.1) is 0 Å². The molecule has 0 radical (unpaired) electrons. The van der Waals surface area contributed by atoms with E-state index < -0.39 is 0 Å². The lowest BCUT2D eigenvalue weighted by molar-refractivity contribution is 0.0498. The maximum atomic E-state index is 12.7. The highest BCUT2D eigenvalue weighted by molar-refractivity contribution is 5.89. The van der Waals surface area contributed by atoms with Crippen LogP contribution in [0.3, 0.4) is 0 Å². The topological polar surface area (TPSA) is 61.3 Å². The summed E-state index contributed by atoms with van der Waals surface area (Å²) in [7, 11) is 0. The number of esters is 1. The van der Waals surface area contributed by atoms with Gasteiger partial charge in [-0.1, -0.05) is 159 Å². The highest BCUT2D eigenvalue weighted by Crippen LogP contribution is 2.28. The first-order chi connectivity index (χ1) is 24.2. The van der Waals surface area contributed by atoms with Gasteiger partial charge in [-0.2, -0.15) is 0 Å². The summed E-state index contributed by atoms with van der Waals surface area (Å²) in [6.07, 6.45) is 24.5. The van der Waals surface area contributed by atoms with E-state index in [1.54, 1.807) is 12.1 Å². The summed E-state index contributed by atoms with van der Waals surface area (Å²) < 4.78 is 11.5. The van der Waals surface area contributed by atoms with Crippen LogP contribution in [0.2, 0.25) is 0 Å². The Balaban J connectivity index is 1.15. The van der Waals surface area contributed by atoms with E-state index in [1.807, 2.05) is 12.1 Å². The lowest BCUT2D eigenvalue weighted by atomic mass is 10.0. The number of benzene rings is 2. The van der Waals surface area contributed by atoms with E-state index in [1.165, 1.54) is 103 Å². The largest absolute Gasteiger partial charge is 0.494 e. The Kier molecular flexibility index (Phi) is 17.7. The summed E-state index contributed by atoms with van der Waals surface area (Å²) in [6, 6.07) is 24.0. The number of carbonyl (C=O) groups is 1. The minimum absolute atomic E-state index is 0.287. The molecule has 1 heterocycles. The number of nitrogens with zero attached hydrogens (tertiary/aromatic N) is 2. The van der Waals surface area contributed by atoms with Crippen molar-refractivity contribution in [1.82, 2.24) is 9.97 Å². The van der Waals surface area contributed by atoms with Crippen molar-refractivity contribution in [1.29, 1.82) is 0 Å². The van der Waals surface area contributed by atoms with Crippen molar-refractivity contribution in [3.05, 3.63) is 78.4 Å². The highest BCUT2D eigenvalue weighted by Gasteiger charge is 2.14. The van der Waals surface area contributed by atoms with Crippen molar-refractivity contribution in [3.63, 3.8) is 0 Å². The molecular weight excluding hydrogens is 604 g/mol. The summed E-state index contributed by atoms with van der Waals surface area (Å²) in [5, 5.41) is 0. The second-order valence-electron chi connectivity index (χ2n) is 13.5. The molecular formula is C44H60N2O3. The zero-order valence-corrected chi connectivity index (χ0v) is 30.4. The molecule has 0 unspecified atom stereocenters. The average Bonchev–Trinajstić information content (AvgIpc) is 3.44. The number of unbranched alkanes of at least 4 members (excludes halogenated alkanes) is 17. The normalized spacial score (nSPS) is 11.2. The number of hydrogen-bond acceptors (Lipinski definition) is 5. The molecule has 264 valence electrons. The molecule has 0 aromatic heterocycles. The number of rotatable bonds is 25. The second kappa shape index (κ2) is 22.8. The van der Waals surface area contributed by atoms with E-state index in [2.05, 4.69) is 62.4 Å². The lowest BCUT2D eigenvalue weighted by Gasteiger charge is -2.08. The first kappa shape index (κ1) is 38.1. The van der Waals surface area contributed by atoms with E-state index in [4.69, 9.17) is 19.4 Å². The van der Waals surface area contributed by atoms with Gasteiger partial charge in [0.25, 0.3) is 0 Å². The Hall–Kier alpha value is -3.73. The molecule has 0 fully saturated rings. The average molecular weight is 665 g/mol. The molecule has 49 heavy (non-hydrogen) atoms. The van der Waals surface area contributed by atoms with E-state index in [9.17, 15) is 4.79 Å². The van der Waals surface area contributed by atoms with Gasteiger partial charge >= 0.3 is 5.97 Å². The second-order valence-corrected chi connectivity index (χ2v) is 13.5. The first-order valence-corrected chi connectivity index (χ1v) is 19.5. The zero-order chi connectivity index (χ0) is 34.4. The molecule has 0 spiro atoms. The Morgan fingerprint density at radius 3 is 1.37 bits per heavy atom. The van der Waals surface area contributed by atoms with Crippen molar-refractivity contribution < 1.29 is 14.3 Å². The molecule has 1 aliphatic heterocycles. The molecule has 4 rings (SSSR count). The molecule has 2 aromatic carbocycles. The molecule has 2 aromatic rings. The van der Waals surface area contributed by atoms with Crippen LogP contribution in [0.1, 0.15) is 146 Å². The zero-order valence-electron chi connectivity index (χ0n) is 30.4. The smallest absolute Gasteiger partial charge is 0.338 e. The van der Waals surface area contributed by atoms with Gasteiger partial charge < -0.3 is 9.47 Å². The predicted molar refractivity (Wildman–Crippen MR) is 204 cm³/mol. The molecule has 2 aliphatic rings. The Labute approximate surface area is 296 Å². The lowest BCUT2D eigenvalue weighted by Crippen LogP contribution is -2.05. The molecule has 1 aliphatic carbocycles. The maximum Gasteiger partial charge on any atom is 0.338 e. The molecule has 0 bridgehead atoms. The number of imidazole rings is 1. The van der Waals surface area contributed by atoms with Gasteiger partial charge in [-0.3, -0.25) is 0 Å². The van der Waals surface area contributed by atoms with Crippen LogP contribution in [0.4, 0.5) is 0 Å². The number of hydrogen-bond donors (Lipinski definition) is 0. The van der Waals surface area contributed by atoms with Crippen LogP contribution in [-0.4, -0.2) is 29.2 Å². The van der Waals surface area contributed by atoms with Crippen LogP contribution in [0.15, 0.2) is 72.8 Å². The monoisotopic (exact) mass is 664 g/mol. The predicted octanol–water partition coefficient (Wildman–Crippen LogP) is 12.9. The van der Waals surface area contributed by atoms with Crippen LogP contribution in [0.25, 0.3) is 33.9 Å². The van der Waals surface area contributed by atoms with E-state index >= 15 is 0 Å². The SMILES string of the molecule is CCCCCCCCCCCCCCCOC(=O)c1ccc2nc(-c3ccc(-c4ccc(OCCCCCCCC)cc4)cc3)nc-2cc1. The molecule has 0 amide bonds. The van der Waals surface area contributed by atoms with Crippen LogP contribution in [0.5, 0.6) is 5.75 Å². The number of aromatic nitrogens is 2. The number of ether oxygens (including phenoxy) is 2. The fraction of sp³-hybridized carbons (Fsp3) is 0.523. The van der Waals surface area contributed by atoms with Gasteiger partial charge in [-0.25, -0.2) is 14.8 Å². The fourth-order valence-electron chi connectivity index (χ4n) is 6.27. The van der Waals surface area contributed by atoms with Crippen molar-refractivity contribution in [2.24, 2.45) is 0 Å². The Bertz CT molecular complexity index is 1400. The van der Waals surface area contributed by atoms with Crippen molar-refractivity contribution in [3.8, 4) is 39.7 Å². The minimum atomic E-state index is -0.287. The summed E-state index contributed by atoms with van der Waals surface area (Å²) >= 11 is 0. The van der Waals surface area contributed by atoms with Gasteiger partial charge in [0.2, 0.25) is 0 Å². The van der Waals surface area contributed by atoms with Gasteiger partial charge in [0.05, 0.1) is 30.2 Å². The quantitative estimate of drug-likeness (QED) is 0.0521. The molecule has 0 N–H and O–H groups in total.